The molecule has 0 aliphatic carbocycles. The van der Waals surface area contributed by atoms with Crippen LogP contribution in [0.15, 0.2) is 24.3 Å². The van der Waals surface area contributed by atoms with Gasteiger partial charge in [0.2, 0.25) is 0 Å². The Morgan fingerprint density at radius 2 is 1.89 bits per heavy atom. The van der Waals surface area contributed by atoms with Crippen molar-refractivity contribution in [2.45, 2.75) is 71.6 Å². The second kappa shape index (κ2) is 13.5. The molecule has 0 fully saturated rings. The Bertz CT molecular complexity index is 436. The highest BCUT2D eigenvalue weighted by molar-refractivity contribution is 5.00. The topological polar surface area (TPSA) is 46.2 Å². The lowest BCUT2D eigenvalue weighted by molar-refractivity contribution is -0.175. The Balaban J connectivity index is 2.90. The fourth-order valence-corrected chi connectivity index (χ4v) is 3.92. The first-order valence-electron chi connectivity index (χ1n) is 10.1. The predicted molar refractivity (Wildman–Crippen MR) is 109 cm³/mol. The largest absolute Gasteiger partial charge is 0.381 e. The summed E-state index contributed by atoms with van der Waals surface area (Å²) in [6, 6.07) is 0. The number of ether oxygens (including phenoxy) is 5. The molecule has 0 saturated carbocycles. The summed E-state index contributed by atoms with van der Waals surface area (Å²) >= 11 is 0. The first kappa shape index (κ1) is 24.3. The van der Waals surface area contributed by atoms with Gasteiger partial charge in [0.05, 0.1) is 18.3 Å². The van der Waals surface area contributed by atoms with E-state index in [1.165, 1.54) is 0 Å². The van der Waals surface area contributed by atoms with E-state index in [-0.39, 0.29) is 37.3 Å². The predicted octanol–water partition coefficient (Wildman–Crippen LogP) is 4.57. The van der Waals surface area contributed by atoms with E-state index in [0.717, 1.165) is 19.3 Å². The molecule has 1 aliphatic heterocycles. The molecule has 0 radical (unpaired) electrons. The molecule has 0 unspecified atom stereocenters. The van der Waals surface area contributed by atoms with E-state index < -0.39 is 0 Å². The average Bonchev–Trinajstić information content (AvgIpc) is 2.69. The maximum atomic E-state index is 6.16. The molecule has 7 atom stereocenters. The van der Waals surface area contributed by atoms with Crippen LogP contribution in [0.3, 0.4) is 0 Å². The van der Waals surface area contributed by atoms with Crippen molar-refractivity contribution in [2.24, 2.45) is 17.8 Å². The van der Waals surface area contributed by atoms with E-state index in [4.69, 9.17) is 23.7 Å². The third-order valence-corrected chi connectivity index (χ3v) is 5.55. The van der Waals surface area contributed by atoms with E-state index in [0.29, 0.717) is 11.8 Å². The minimum atomic E-state index is -0.289. The first-order valence-corrected chi connectivity index (χ1v) is 10.1. The summed E-state index contributed by atoms with van der Waals surface area (Å²) in [7, 11) is 5.11. The van der Waals surface area contributed by atoms with Crippen molar-refractivity contribution in [3.63, 3.8) is 0 Å². The zero-order valence-electron chi connectivity index (χ0n) is 18.2. The van der Waals surface area contributed by atoms with Crippen molar-refractivity contribution in [3.05, 3.63) is 24.3 Å². The van der Waals surface area contributed by atoms with Gasteiger partial charge in [0, 0.05) is 39.6 Å². The Morgan fingerprint density at radius 3 is 2.44 bits per heavy atom. The summed E-state index contributed by atoms with van der Waals surface area (Å²) < 4.78 is 28.7. The molecule has 1 heterocycles. The number of hydrogen-bond donors (Lipinski definition) is 0. The lowest BCUT2D eigenvalue weighted by Crippen LogP contribution is -2.42. The highest BCUT2D eigenvalue weighted by Crippen LogP contribution is 2.31. The molecule has 0 aromatic rings. The lowest BCUT2D eigenvalue weighted by Gasteiger charge is -2.38. The van der Waals surface area contributed by atoms with Crippen molar-refractivity contribution in [3.8, 4) is 0 Å². The van der Waals surface area contributed by atoms with E-state index in [1.807, 2.05) is 13.0 Å². The van der Waals surface area contributed by atoms with E-state index in [9.17, 15) is 0 Å². The van der Waals surface area contributed by atoms with Gasteiger partial charge >= 0.3 is 0 Å². The van der Waals surface area contributed by atoms with Crippen molar-refractivity contribution >= 4 is 0 Å². The van der Waals surface area contributed by atoms with Gasteiger partial charge in [0.15, 0.2) is 6.29 Å². The number of hydrogen-bond acceptors (Lipinski definition) is 5. The highest BCUT2D eigenvalue weighted by Gasteiger charge is 2.35. The molecule has 0 bridgehead atoms. The van der Waals surface area contributed by atoms with Crippen LogP contribution in [0.2, 0.25) is 0 Å². The third kappa shape index (κ3) is 7.66. The zero-order valence-corrected chi connectivity index (χ0v) is 18.2. The van der Waals surface area contributed by atoms with Crippen LogP contribution in [0, 0.1) is 17.8 Å². The van der Waals surface area contributed by atoms with Crippen molar-refractivity contribution in [1.29, 1.82) is 0 Å². The van der Waals surface area contributed by atoms with Gasteiger partial charge in [-0.1, -0.05) is 39.0 Å². The summed E-state index contributed by atoms with van der Waals surface area (Å²) in [5, 5.41) is 0. The Kier molecular flexibility index (Phi) is 12.1. The zero-order chi connectivity index (χ0) is 20.2. The number of methoxy groups -OCH3 is 3. The van der Waals surface area contributed by atoms with Crippen LogP contribution in [0.1, 0.15) is 47.0 Å². The minimum absolute atomic E-state index is 0.0222. The van der Waals surface area contributed by atoms with Gasteiger partial charge in [-0.15, -0.1) is 0 Å². The van der Waals surface area contributed by atoms with Gasteiger partial charge in [0.25, 0.3) is 0 Å². The molecule has 0 N–H and O–H groups in total. The molecule has 1 aliphatic rings. The van der Waals surface area contributed by atoms with Gasteiger partial charge < -0.3 is 23.7 Å². The molecule has 1 rings (SSSR count). The van der Waals surface area contributed by atoms with Gasteiger partial charge in [-0.3, -0.25) is 0 Å². The fourth-order valence-electron chi connectivity index (χ4n) is 3.92. The maximum Gasteiger partial charge on any atom is 0.176 e. The Labute approximate surface area is 166 Å². The molecule has 0 aromatic heterocycles. The van der Waals surface area contributed by atoms with Crippen LogP contribution in [0.5, 0.6) is 0 Å². The lowest BCUT2D eigenvalue weighted by atomic mass is 9.83. The quantitative estimate of drug-likeness (QED) is 0.344. The molecular weight excluding hydrogens is 344 g/mol. The molecule has 5 heteroatoms. The fraction of sp³-hybridized carbons (Fsp3) is 0.818. The summed E-state index contributed by atoms with van der Waals surface area (Å²) in [5.74, 6) is 0.966. The van der Waals surface area contributed by atoms with Crippen LogP contribution in [0.25, 0.3) is 0 Å². The minimum Gasteiger partial charge on any atom is -0.381 e. The molecule has 0 saturated heterocycles. The SMILES string of the molecule is C/C=C/C[C@H](C)[C@@H](OC)[C@@H](C)[C@@H](C[C@H]1O[C@H](OC)C=C[C@H]1CC)OCOC. The summed E-state index contributed by atoms with van der Waals surface area (Å²) in [4.78, 5) is 0. The van der Waals surface area contributed by atoms with Crippen molar-refractivity contribution in [2.75, 3.05) is 28.1 Å². The standard InChI is InChI=1S/C22H40O5/c1-8-10-11-16(3)22(25-7)17(4)19(26-15-23-5)14-20-18(9-2)12-13-21(24-6)27-20/h8,10,12-13,16-22H,9,11,14-15H2,1-7H3/b10-8+/t16-,17-,18+,19+,20+,21-,22+/m0/s1. The monoisotopic (exact) mass is 384 g/mol. The molecule has 0 amide bonds. The van der Waals surface area contributed by atoms with Crippen molar-refractivity contribution in [1.82, 2.24) is 0 Å². The third-order valence-electron chi connectivity index (χ3n) is 5.55. The van der Waals surface area contributed by atoms with E-state index >= 15 is 0 Å². The Morgan fingerprint density at radius 1 is 1.15 bits per heavy atom. The molecule has 0 spiro atoms. The van der Waals surface area contributed by atoms with E-state index in [1.54, 1.807) is 21.3 Å². The molecule has 158 valence electrons. The van der Waals surface area contributed by atoms with Gasteiger partial charge in [-0.2, -0.15) is 0 Å². The molecule has 0 aromatic carbocycles. The number of allylic oxidation sites excluding steroid dienone is 2. The second-order valence-electron chi connectivity index (χ2n) is 7.42. The Hall–Kier alpha value is -0.720. The van der Waals surface area contributed by atoms with Gasteiger partial charge in [0.1, 0.15) is 6.79 Å². The average molecular weight is 385 g/mol. The first-order chi connectivity index (χ1) is 13.0. The summed E-state index contributed by atoms with van der Waals surface area (Å²) in [6.45, 7) is 8.93. The van der Waals surface area contributed by atoms with Crippen LogP contribution in [0.4, 0.5) is 0 Å². The number of rotatable bonds is 13. The van der Waals surface area contributed by atoms with Gasteiger partial charge in [-0.05, 0) is 31.8 Å². The highest BCUT2D eigenvalue weighted by atomic mass is 16.7. The van der Waals surface area contributed by atoms with Crippen LogP contribution < -0.4 is 0 Å². The van der Waals surface area contributed by atoms with Gasteiger partial charge in [-0.25, -0.2) is 0 Å². The molecular formula is C22H40O5. The smallest absolute Gasteiger partial charge is 0.176 e. The summed E-state index contributed by atoms with van der Waals surface area (Å²) in [6.07, 6.45) is 11.1. The molecule has 5 nitrogen and oxygen atoms in total. The van der Waals surface area contributed by atoms with E-state index in [2.05, 4.69) is 39.0 Å². The van der Waals surface area contributed by atoms with Crippen LogP contribution in [-0.4, -0.2) is 52.7 Å². The van der Waals surface area contributed by atoms with Crippen LogP contribution in [-0.2, 0) is 23.7 Å². The molecule has 27 heavy (non-hydrogen) atoms. The van der Waals surface area contributed by atoms with Crippen molar-refractivity contribution < 1.29 is 23.7 Å². The van der Waals surface area contributed by atoms with Crippen LogP contribution >= 0.6 is 0 Å². The summed E-state index contributed by atoms with van der Waals surface area (Å²) in [5.41, 5.74) is 0. The normalized spacial score (nSPS) is 27.6. The second-order valence-corrected chi connectivity index (χ2v) is 7.42. The maximum absolute atomic E-state index is 6.16.